The second-order valence-electron chi connectivity index (χ2n) is 6.50. The molecule has 1 saturated heterocycles. The summed E-state index contributed by atoms with van der Waals surface area (Å²) in [4.78, 5) is 36.4. The highest BCUT2D eigenvalue weighted by atomic mass is 16.7. The van der Waals surface area contributed by atoms with E-state index in [0.29, 0.717) is 25.9 Å². The second-order valence-corrected chi connectivity index (χ2v) is 6.50. The summed E-state index contributed by atoms with van der Waals surface area (Å²) in [5.41, 5.74) is 0. The van der Waals surface area contributed by atoms with Gasteiger partial charge < -0.3 is 19.1 Å². The first kappa shape index (κ1) is 19.3. The lowest BCUT2D eigenvalue weighted by molar-refractivity contribution is -0.141. The molecule has 132 valence electrons. The van der Waals surface area contributed by atoms with Gasteiger partial charge in [-0.25, -0.2) is 9.59 Å². The molecule has 0 saturated carbocycles. The van der Waals surface area contributed by atoms with Crippen LogP contribution in [0, 0.1) is 11.8 Å². The molecule has 0 aliphatic carbocycles. The molecule has 1 aliphatic rings. The van der Waals surface area contributed by atoms with Gasteiger partial charge in [-0.3, -0.25) is 4.79 Å². The van der Waals surface area contributed by atoms with Crippen LogP contribution in [0.2, 0.25) is 0 Å². The molecule has 7 nitrogen and oxygen atoms in total. The third-order valence-corrected chi connectivity index (χ3v) is 3.40. The van der Waals surface area contributed by atoms with E-state index in [9.17, 15) is 14.4 Å². The topological polar surface area (TPSA) is 82.1 Å². The van der Waals surface area contributed by atoms with Crippen molar-refractivity contribution in [2.75, 3.05) is 19.7 Å². The lowest BCUT2D eigenvalue weighted by atomic mass is 9.94. The number of hydrogen-bond donors (Lipinski definition) is 0. The molecule has 7 heteroatoms. The molecule has 1 aliphatic heterocycles. The number of hydrogen-bond acceptors (Lipinski definition) is 6. The summed E-state index contributed by atoms with van der Waals surface area (Å²) in [7, 11) is 0. The highest BCUT2D eigenvalue weighted by Gasteiger charge is 2.27. The van der Waals surface area contributed by atoms with Crippen molar-refractivity contribution in [2.45, 2.75) is 53.1 Å². The van der Waals surface area contributed by atoms with Crippen LogP contribution in [0.25, 0.3) is 0 Å². The Morgan fingerprint density at radius 1 is 1.09 bits per heavy atom. The maximum absolute atomic E-state index is 11.8. The van der Waals surface area contributed by atoms with E-state index < -0.39 is 12.1 Å². The Morgan fingerprint density at radius 2 is 1.70 bits per heavy atom. The minimum Gasteiger partial charge on any atom is -0.447 e. The summed E-state index contributed by atoms with van der Waals surface area (Å²) in [5.74, 6) is -0.293. The van der Waals surface area contributed by atoms with Crippen molar-refractivity contribution in [3.8, 4) is 0 Å². The first-order chi connectivity index (χ1) is 10.8. The minimum absolute atomic E-state index is 0.100. The van der Waals surface area contributed by atoms with Crippen molar-refractivity contribution in [3.05, 3.63) is 0 Å². The summed E-state index contributed by atoms with van der Waals surface area (Å²) in [6.45, 7) is 8.71. The number of rotatable bonds is 5. The monoisotopic (exact) mass is 329 g/mol. The van der Waals surface area contributed by atoms with E-state index in [-0.39, 0.29) is 37.1 Å². The normalized spacial score (nSPS) is 15.7. The average Bonchev–Trinajstić information content (AvgIpc) is 2.45. The molecule has 0 spiro atoms. The van der Waals surface area contributed by atoms with Gasteiger partial charge in [0.05, 0.1) is 12.7 Å². The predicted octanol–water partition coefficient (Wildman–Crippen LogP) is 2.97. The van der Waals surface area contributed by atoms with E-state index in [1.165, 1.54) is 0 Å². The van der Waals surface area contributed by atoms with Gasteiger partial charge in [0.2, 0.25) is 0 Å². The summed E-state index contributed by atoms with van der Waals surface area (Å²) in [5, 5.41) is 0. The van der Waals surface area contributed by atoms with Crippen LogP contribution < -0.4 is 0 Å². The van der Waals surface area contributed by atoms with Gasteiger partial charge in [-0.05, 0) is 38.5 Å². The Hall–Kier alpha value is -1.79. The Bertz CT molecular complexity index is 413. The number of piperidine rings is 1. The molecule has 0 aromatic carbocycles. The lowest BCUT2D eigenvalue weighted by Gasteiger charge is -2.31. The largest absolute Gasteiger partial charge is 0.516 e. The van der Waals surface area contributed by atoms with Crippen LogP contribution in [-0.4, -0.2) is 48.9 Å². The zero-order valence-corrected chi connectivity index (χ0v) is 14.4. The third-order valence-electron chi connectivity index (χ3n) is 3.40. The smallest absolute Gasteiger partial charge is 0.447 e. The summed E-state index contributed by atoms with van der Waals surface area (Å²) in [6.07, 6.45) is 0.114. The maximum atomic E-state index is 11.8. The van der Waals surface area contributed by atoms with Gasteiger partial charge in [-0.1, -0.05) is 13.8 Å². The second kappa shape index (κ2) is 9.37. The molecule has 0 radical (unpaired) electrons. The zero-order chi connectivity index (χ0) is 17.4. The minimum atomic E-state index is -0.943. The highest BCUT2D eigenvalue weighted by molar-refractivity contribution is 5.81. The van der Waals surface area contributed by atoms with Gasteiger partial charge in [-0.15, -0.1) is 0 Å². The fourth-order valence-electron chi connectivity index (χ4n) is 2.23. The number of amides is 1. The lowest BCUT2D eigenvalue weighted by Crippen LogP contribution is -2.40. The molecule has 0 aromatic heterocycles. The predicted molar refractivity (Wildman–Crippen MR) is 82.8 cm³/mol. The molecular weight excluding hydrogens is 302 g/mol. The summed E-state index contributed by atoms with van der Waals surface area (Å²) in [6, 6.07) is 0. The third kappa shape index (κ3) is 7.85. The van der Waals surface area contributed by atoms with Crippen molar-refractivity contribution >= 4 is 18.2 Å². The Kier molecular flexibility index (Phi) is 7.85. The van der Waals surface area contributed by atoms with Crippen LogP contribution in [0.4, 0.5) is 9.59 Å². The van der Waals surface area contributed by atoms with Gasteiger partial charge in [0.25, 0.3) is 0 Å². The van der Waals surface area contributed by atoms with Crippen LogP contribution >= 0.6 is 0 Å². The quantitative estimate of drug-likeness (QED) is 0.570. The number of carbonyl (C=O) groups is 3. The Labute approximate surface area is 137 Å². The number of esters is 1. The van der Waals surface area contributed by atoms with Crippen molar-refractivity contribution in [3.63, 3.8) is 0 Å². The fourth-order valence-corrected chi connectivity index (χ4v) is 2.23. The number of nitrogens with zero attached hydrogens (tertiary/aromatic N) is 1. The van der Waals surface area contributed by atoms with E-state index in [4.69, 9.17) is 9.47 Å². The van der Waals surface area contributed by atoms with Crippen molar-refractivity contribution in [1.29, 1.82) is 0 Å². The van der Waals surface area contributed by atoms with E-state index in [1.54, 1.807) is 18.7 Å². The molecule has 1 heterocycles. The number of carbonyl (C=O) groups excluding carboxylic acids is 3. The molecule has 0 atom stereocenters. The standard InChI is InChI=1S/C16H27NO6/c1-11(2)10-21-16(20)23-14(18)9-13-5-7-17(8-6-13)15(19)22-12(3)4/h11-13H,5-10H2,1-4H3. The molecule has 0 N–H and O–H groups in total. The van der Waals surface area contributed by atoms with Crippen LogP contribution in [0.5, 0.6) is 0 Å². The zero-order valence-electron chi connectivity index (χ0n) is 14.4. The van der Waals surface area contributed by atoms with Crippen LogP contribution in [-0.2, 0) is 19.0 Å². The highest BCUT2D eigenvalue weighted by Crippen LogP contribution is 2.21. The molecule has 0 bridgehead atoms. The van der Waals surface area contributed by atoms with Crippen molar-refractivity contribution < 1.29 is 28.6 Å². The summed E-state index contributed by atoms with van der Waals surface area (Å²) < 4.78 is 14.6. The molecule has 0 aromatic rings. The molecule has 1 fully saturated rings. The molecular formula is C16H27NO6. The van der Waals surface area contributed by atoms with Crippen LogP contribution in [0.3, 0.4) is 0 Å². The van der Waals surface area contributed by atoms with Gasteiger partial charge >= 0.3 is 18.2 Å². The number of likely N-dealkylation sites (tertiary alicyclic amines) is 1. The molecule has 0 unspecified atom stereocenters. The van der Waals surface area contributed by atoms with Gasteiger partial charge in [0.1, 0.15) is 0 Å². The van der Waals surface area contributed by atoms with Crippen LogP contribution in [0.1, 0.15) is 47.0 Å². The Balaban J connectivity index is 2.26. The summed E-state index contributed by atoms with van der Waals surface area (Å²) >= 11 is 0. The fraction of sp³-hybridized carbons (Fsp3) is 0.812. The van der Waals surface area contributed by atoms with Crippen molar-refractivity contribution in [1.82, 2.24) is 4.90 Å². The molecule has 1 amide bonds. The van der Waals surface area contributed by atoms with E-state index >= 15 is 0 Å². The maximum Gasteiger partial charge on any atom is 0.516 e. The van der Waals surface area contributed by atoms with Gasteiger partial charge in [0.15, 0.2) is 0 Å². The van der Waals surface area contributed by atoms with E-state index in [0.717, 1.165) is 0 Å². The molecule has 1 rings (SSSR count). The first-order valence-electron chi connectivity index (χ1n) is 8.11. The van der Waals surface area contributed by atoms with Crippen LogP contribution in [0.15, 0.2) is 0 Å². The van der Waals surface area contributed by atoms with Crippen molar-refractivity contribution in [2.24, 2.45) is 11.8 Å². The number of ether oxygens (including phenoxy) is 3. The first-order valence-corrected chi connectivity index (χ1v) is 8.11. The van der Waals surface area contributed by atoms with E-state index in [2.05, 4.69) is 4.74 Å². The Morgan fingerprint density at radius 3 is 2.22 bits per heavy atom. The van der Waals surface area contributed by atoms with Gasteiger partial charge in [-0.2, -0.15) is 0 Å². The average molecular weight is 329 g/mol. The SMILES string of the molecule is CC(C)COC(=O)OC(=O)CC1CCN(C(=O)OC(C)C)CC1. The van der Waals surface area contributed by atoms with E-state index in [1.807, 2.05) is 13.8 Å². The van der Waals surface area contributed by atoms with Gasteiger partial charge in [0, 0.05) is 19.5 Å². The molecule has 23 heavy (non-hydrogen) atoms.